The maximum absolute atomic E-state index is 12.3. The molecule has 0 saturated carbocycles. The molecule has 1 N–H and O–H groups in total. The number of hydrogen-bond acceptors (Lipinski definition) is 6. The van der Waals surface area contributed by atoms with E-state index in [0.29, 0.717) is 9.90 Å². The summed E-state index contributed by atoms with van der Waals surface area (Å²) >= 11 is 2.20. The first-order chi connectivity index (χ1) is 11.9. The van der Waals surface area contributed by atoms with E-state index in [2.05, 4.69) is 15.5 Å². The fourth-order valence-corrected chi connectivity index (χ4v) is 4.27. The highest BCUT2D eigenvalue weighted by molar-refractivity contribution is 8.01. The molecule has 0 spiro atoms. The zero-order valence-electron chi connectivity index (χ0n) is 13.2. The van der Waals surface area contributed by atoms with E-state index in [-0.39, 0.29) is 16.7 Å². The first-order valence-corrected chi connectivity index (χ1v) is 9.63. The van der Waals surface area contributed by atoms with Crippen LogP contribution in [-0.2, 0) is 12.8 Å². The molecule has 0 saturated heterocycles. The van der Waals surface area contributed by atoms with E-state index in [9.17, 15) is 18.0 Å². The Morgan fingerprint density at radius 1 is 1.20 bits per heavy atom. The fraction of sp³-hybridized carbons (Fsp3) is 0.438. The maximum Gasteiger partial charge on any atom is 0.405 e. The Labute approximate surface area is 151 Å². The summed E-state index contributed by atoms with van der Waals surface area (Å²) in [6.07, 6.45) is 0.114. The average Bonchev–Trinajstić information content (AvgIpc) is 3.05. The Hall–Kier alpha value is -1.61. The van der Waals surface area contributed by atoms with Gasteiger partial charge in [0.05, 0.1) is 5.75 Å². The number of ketones is 1. The zero-order valence-corrected chi connectivity index (χ0v) is 14.9. The van der Waals surface area contributed by atoms with Crippen molar-refractivity contribution in [3.8, 4) is 0 Å². The molecule has 0 atom stereocenters. The minimum absolute atomic E-state index is 0.0154. The van der Waals surface area contributed by atoms with Gasteiger partial charge in [-0.05, 0) is 42.9 Å². The number of carbonyl (C=O) groups excluding carboxylic acids is 1. The van der Waals surface area contributed by atoms with Gasteiger partial charge in [0.1, 0.15) is 6.54 Å². The molecule has 3 rings (SSSR count). The van der Waals surface area contributed by atoms with Gasteiger partial charge in [-0.25, -0.2) is 0 Å². The second kappa shape index (κ2) is 7.74. The number of rotatable bonds is 6. The quantitative estimate of drug-likeness (QED) is 0.589. The molecule has 1 aromatic carbocycles. The van der Waals surface area contributed by atoms with Crippen LogP contribution in [0.5, 0.6) is 0 Å². The molecule has 0 unspecified atom stereocenters. The van der Waals surface area contributed by atoms with Crippen LogP contribution in [0.15, 0.2) is 22.5 Å². The number of benzene rings is 1. The van der Waals surface area contributed by atoms with Crippen molar-refractivity contribution in [2.45, 2.75) is 36.2 Å². The number of thioether (sulfide) groups is 1. The molecule has 0 fully saturated rings. The number of anilines is 1. The molecule has 4 nitrogen and oxygen atoms in total. The van der Waals surface area contributed by atoms with E-state index in [4.69, 9.17) is 0 Å². The second-order valence-electron chi connectivity index (χ2n) is 5.74. The number of aryl methyl sites for hydroxylation is 2. The van der Waals surface area contributed by atoms with Gasteiger partial charge in [-0.15, -0.1) is 10.2 Å². The maximum atomic E-state index is 12.3. The lowest BCUT2D eigenvalue weighted by Gasteiger charge is -2.16. The van der Waals surface area contributed by atoms with Crippen LogP contribution < -0.4 is 5.32 Å². The lowest BCUT2D eigenvalue weighted by molar-refractivity contribution is -0.115. The second-order valence-corrected chi connectivity index (χ2v) is 7.94. The number of nitrogens with one attached hydrogen (secondary N) is 1. The van der Waals surface area contributed by atoms with Crippen molar-refractivity contribution < 1.29 is 18.0 Å². The molecule has 1 aliphatic rings. The van der Waals surface area contributed by atoms with E-state index in [1.807, 2.05) is 18.2 Å². The van der Waals surface area contributed by atoms with Crippen molar-refractivity contribution in [1.82, 2.24) is 10.2 Å². The molecular formula is C16H16F3N3OS2. The van der Waals surface area contributed by atoms with Gasteiger partial charge in [0.15, 0.2) is 10.1 Å². The lowest BCUT2D eigenvalue weighted by Crippen LogP contribution is -2.21. The molecule has 0 amide bonds. The minimum atomic E-state index is -4.30. The first-order valence-electron chi connectivity index (χ1n) is 7.83. The van der Waals surface area contributed by atoms with Gasteiger partial charge in [-0.1, -0.05) is 35.2 Å². The van der Waals surface area contributed by atoms with Gasteiger partial charge >= 0.3 is 6.18 Å². The molecule has 9 heteroatoms. The number of fused-ring (bicyclic) bond motifs is 1. The van der Waals surface area contributed by atoms with E-state index >= 15 is 0 Å². The molecule has 0 radical (unpaired) electrons. The van der Waals surface area contributed by atoms with Crippen LogP contribution >= 0.6 is 23.1 Å². The topological polar surface area (TPSA) is 54.9 Å². The number of Topliss-reactive ketones (excluding diaryl/α,β-unsaturated/α-hetero) is 1. The summed E-state index contributed by atoms with van der Waals surface area (Å²) in [4.78, 5) is 12.3. The van der Waals surface area contributed by atoms with Crippen molar-refractivity contribution in [2.24, 2.45) is 0 Å². The lowest BCUT2D eigenvalue weighted by atomic mass is 9.90. The average molecular weight is 387 g/mol. The van der Waals surface area contributed by atoms with E-state index in [1.54, 1.807) is 0 Å². The highest BCUT2D eigenvalue weighted by atomic mass is 32.2. The third kappa shape index (κ3) is 5.18. The number of carbonyl (C=O) groups is 1. The Morgan fingerprint density at radius 3 is 2.72 bits per heavy atom. The summed E-state index contributed by atoms with van der Waals surface area (Å²) in [6, 6.07) is 5.84. The van der Waals surface area contributed by atoms with Crippen LogP contribution in [0.3, 0.4) is 0 Å². The molecule has 1 aromatic heterocycles. The summed E-state index contributed by atoms with van der Waals surface area (Å²) < 4.78 is 36.9. The Balaban J connectivity index is 1.55. The molecule has 0 aliphatic heterocycles. The zero-order chi connectivity index (χ0) is 17.9. The van der Waals surface area contributed by atoms with Gasteiger partial charge in [0.25, 0.3) is 0 Å². The molecule has 2 aromatic rings. The number of nitrogens with zero attached hydrogens (tertiary/aromatic N) is 2. The van der Waals surface area contributed by atoms with Crippen LogP contribution in [0.2, 0.25) is 0 Å². The fourth-order valence-electron chi connectivity index (χ4n) is 2.63. The number of halogens is 3. The summed E-state index contributed by atoms with van der Waals surface area (Å²) in [6.45, 7) is -1.15. The van der Waals surface area contributed by atoms with Gasteiger partial charge in [-0.2, -0.15) is 13.2 Å². The number of alkyl halides is 3. The van der Waals surface area contributed by atoms with E-state index in [0.717, 1.165) is 30.6 Å². The molecule has 0 bridgehead atoms. The van der Waals surface area contributed by atoms with Crippen LogP contribution in [0, 0.1) is 0 Å². The van der Waals surface area contributed by atoms with E-state index < -0.39 is 12.7 Å². The summed E-state index contributed by atoms with van der Waals surface area (Å²) in [5, 5.41) is 9.73. The van der Waals surface area contributed by atoms with Crippen molar-refractivity contribution in [1.29, 1.82) is 0 Å². The predicted molar refractivity (Wildman–Crippen MR) is 92.6 cm³/mol. The summed E-state index contributed by atoms with van der Waals surface area (Å²) in [7, 11) is 0. The highest BCUT2D eigenvalue weighted by Crippen LogP contribution is 2.28. The smallest absolute Gasteiger partial charge is 0.351 e. The van der Waals surface area contributed by atoms with Gasteiger partial charge in [-0.3, -0.25) is 4.79 Å². The molecule has 1 heterocycles. The molecule has 1 aliphatic carbocycles. The third-order valence-electron chi connectivity index (χ3n) is 3.84. The van der Waals surface area contributed by atoms with E-state index in [1.165, 1.54) is 29.3 Å². The van der Waals surface area contributed by atoms with Crippen molar-refractivity contribution >= 4 is 34.0 Å². The van der Waals surface area contributed by atoms with Crippen molar-refractivity contribution in [2.75, 3.05) is 17.6 Å². The molecule has 134 valence electrons. The predicted octanol–water partition coefficient (Wildman–Crippen LogP) is 4.37. The minimum Gasteiger partial charge on any atom is -0.351 e. The van der Waals surface area contributed by atoms with Gasteiger partial charge in [0.2, 0.25) is 5.13 Å². The Kier molecular flexibility index (Phi) is 5.63. The van der Waals surface area contributed by atoms with Gasteiger partial charge < -0.3 is 5.32 Å². The monoisotopic (exact) mass is 387 g/mol. The molecule has 25 heavy (non-hydrogen) atoms. The Morgan fingerprint density at radius 2 is 1.96 bits per heavy atom. The van der Waals surface area contributed by atoms with Crippen LogP contribution in [0.1, 0.15) is 34.3 Å². The summed E-state index contributed by atoms with van der Waals surface area (Å²) in [5.74, 6) is 0.172. The van der Waals surface area contributed by atoms with Crippen LogP contribution in [0.4, 0.5) is 18.3 Å². The van der Waals surface area contributed by atoms with Gasteiger partial charge in [0, 0.05) is 5.56 Å². The van der Waals surface area contributed by atoms with Crippen LogP contribution in [-0.4, -0.2) is 34.5 Å². The normalized spacial score (nSPS) is 14.2. The van der Waals surface area contributed by atoms with Crippen molar-refractivity contribution in [3.63, 3.8) is 0 Å². The SMILES string of the molecule is O=C(CSc1nnc(NCC(F)(F)F)s1)c1ccc2c(c1)CCCC2. The standard InChI is InChI=1S/C16H16F3N3OS2/c17-16(18,19)9-20-14-21-22-15(25-14)24-8-13(23)12-6-5-10-3-1-2-4-11(10)7-12/h5-7H,1-4,8-9H2,(H,20,21). The van der Waals surface area contributed by atoms with Crippen LogP contribution in [0.25, 0.3) is 0 Å². The van der Waals surface area contributed by atoms with Crippen molar-refractivity contribution in [3.05, 3.63) is 34.9 Å². The number of hydrogen-bond donors (Lipinski definition) is 1. The number of aromatic nitrogens is 2. The third-order valence-corrected chi connectivity index (χ3v) is 5.86. The molecular weight excluding hydrogens is 371 g/mol. The highest BCUT2D eigenvalue weighted by Gasteiger charge is 2.27. The largest absolute Gasteiger partial charge is 0.405 e. The Bertz CT molecular complexity index is 761. The summed E-state index contributed by atoms with van der Waals surface area (Å²) in [5.41, 5.74) is 3.24. The first kappa shape index (κ1) is 18.2.